The van der Waals surface area contributed by atoms with Crippen molar-refractivity contribution in [2.75, 3.05) is 6.61 Å². The van der Waals surface area contributed by atoms with Gasteiger partial charge in [-0.05, 0) is 41.1 Å². The third kappa shape index (κ3) is 2.88. The number of hydrogen-bond acceptors (Lipinski definition) is 4. The zero-order valence-corrected chi connectivity index (χ0v) is 12.1. The van der Waals surface area contributed by atoms with Crippen molar-refractivity contribution in [3.05, 3.63) is 46.2 Å². The van der Waals surface area contributed by atoms with E-state index < -0.39 is 11.9 Å². The van der Waals surface area contributed by atoms with Crippen LogP contribution in [0.15, 0.2) is 35.1 Å². The van der Waals surface area contributed by atoms with E-state index >= 15 is 0 Å². The van der Waals surface area contributed by atoms with Crippen molar-refractivity contribution in [3.8, 4) is 5.69 Å². The van der Waals surface area contributed by atoms with Crippen LogP contribution in [0.1, 0.15) is 27.6 Å². The summed E-state index contributed by atoms with van der Waals surface area (Å²) < 4.78 is 6.92. The summed E-state index contributed by atoms with van der Waals surface area (Å²) in [6.45, 7) is 2.02. The van der Waals surface area contributed by atoms with Gasteiger partial charge in [-0.3, -0.25) is 0 Å². The molecule has 1 heterocycles. The number of halogens is 1. The maximum Gasteiger partial charge on any atom is 0.341 e. The lowest BCUT2D eigenvalue weighted by Crippen LogP contribution is -2.03. The minimum atomic E-state index is -1.01. The average Bonchev–Trinajstić information content (AvgIpc) is 2.88. The van der Waals surface area contributed by atoms with E-state index in [1.54, 1.807) is 13.0 Å². The van der Waals surface area contributed by atoms with Gasteiger partial charge in [0, 0.05) is 10.7 Å². The largest absolute Gasteiger partial charge is 0.478 e. The molecule has 0 saturated heterocycles. The lowest BCUT2D eigenvalue weighted by molar-refractivity contribution is 0.0526. The standard InChI is InChI=1S/C13H11BrN2O4/c1-2-20-13(19)9-6-15-16(7-9)11-4-3-8(12(17)18)5-10(11)14/h3-7H,2H2,1H3,(H,17,18). The number of hydrogen-bond donors (Lipinski definition) is 1. The van der Waals surface area contributed by atoms with Crippen molar-refractivity contribution >= 4 is 27.9 Å². The fraction of sp³-hybridized carbons (Fsp3) is 0.154. The summed E-state index contributed by atoms with van der Waals surface area (Å²) in [6.07, 6.45) is 2.92. The number of carboxylic acids is 1. The number of carbonyl (C=O) groups excluding carboxylic acids is 1. The summed E-state index contributed by atoms with van der Waals surface area (Å²) in [6, 6.07) is 4.55. The first-order valence-electron chi connectivity index (χ1n) is 5.78. The molecule has 1 N–H and O–H groups in total. The molecule has 0 saturated carbocycles. The SMILES string of the molecule is CCOC(=O)c1cnn(-c2ccc(C(=O)O)cc2Br)c1. The Hall–Kier alpha value is -2.15. The zero-order valence-electron chi connectivity index (χ0n) is 10.5. The van der Waals surface area contributed by atoms with Crippen molar-refractivity contribution < 1.29 is 19.4 Å². The van der Waals surface area contributed by atoms with Crippen LogP contribution in [-0.4, -0.2) is 33.4 Å². The summed E-state index contributed by atoms with van der Waals surface area (Å²) in [7, 11) is 0. The van der Waals surface area contributed by atoms with Crippen molar-refractivity contribution in [1.82, 2.24) is 9.78 Å². The Morgan fingerprint density at radius 3 is 2.75 bits per heavy atom. The van der Waals surface area contributed by atoms with Crippen molar-refractivity contribution in [2.24, 2.45) is 0 Å². The maximum atomic E-state index is 11.6. The minimum Gasteiger partial charge on any atom is -0.478 e. The van der Waals surface area contributed by atoms with Gasteiger partial charge in [0.25, 0.3) is 0 Å². The Morgan fingerprint density at radius 1 is 1.40 bits per heavy atom. The van der Waals surface area contributed by atoms with Crippen LogP contribution in [0.2, 0.25) is 0 Å². The molecule has 1 aromatic heterocycles. The van der Waals surface area contributed by atoms with Crippen molar-refractivity contribution in [3.63, 3.8) is 0 Å². The van der Waals surface area contributed by atoms with Gasteiger partial charge < -0.3 is 9.84 Å². The van der Waals surface area contributed by atoms with E-state index in [-0.39, 0.29) is 5.56 Å². The zero-order chi connectivity index (χ0) is 14.7. The second-order valence-electron chi connectivity index (χ2n) is 3.87. The number of esters is 1. The number of nitrogens with zero attached hydrogens (tertiary/aromatic N) is 2. The number of aromatic carboxylic acids is 1. The summed E-state index contributed by atoms with van der Waals surface area (Å²) >= 11 is 3.29. The van der Waals surface area contributed by atoms with E-state index in [0.29, 0.717) is 22.3 Å². The molecule has 0 aliphatic rings. The molecule has 0 unspecified atom stereocenters. The van der Waals surface area contributed by atoms with Crippen LogP contribution in [0.25, 0.3) is 5.69 Å². The Balaban J connectivity index is 2.33. The first-order chi connectivity index (χ1) is 9.52. The average molecular weight is 339 g/mol. The first-order valence-corrected chi connectivity index (χ1v) is 6.57. The number of benzene rings is 1. The highest BCUT2D eigenvalue weighted by atomic mass is 79.9. The molecule has 0 fully saturated rings. The minimum absolute atomic E-state index is 0.165. The van der Waals surface area contributed by atoms with E-state index in [1.165, 1.54) is 29.2 Å². The Morgan fingerprint density at radius 2 is 2.15 bits per heavy atom. The summed E-state index contributed by atoms with van der Waals surface area (Å²) in [5.41, 5.74) is 1.13. The molecule has 2 aromatic rings. The van der Waals surface area contributed by atoms with Crippen molar-refractivity contribution in [1.29, 1.82) is 0 Å². The van der Waals surface area contributed by atoms with Crippen LogP contribution in [0.3, 0.4) is 0 Å². The van der Waals surface area contributed by atoms with Crippen LogP contribution in [-0.2, 0) is 4.74 Å². The third-order valence-corrected chi connectivity index (χ3v) is 3.17. The first kappa shape index (κ1) is 14.3. The third-order valence-electron chi connectivity index (χ3n) is 2.54. The lowest BCUT2D eigenvalue weighted by Gasteiger charge is -2.05. The van der Waals surface area contributed by atoms with Gasteiger partial charge in [0.15, 0.2) is 0 Å². The quantitative estimate of drug-likeness (QED) is 0.866. The molecule has 6 nitrogen and oxygen atoms in total. The van der Waals surface area contributed by atoms with Crippen LogP contribution >= 0.6 is 15.9 Å². The molecule has 0 aliphatic heterocycles. The summed E-state index contributed by atoms with van der Waals surface area (Å²) in [5.74, 6) is -1.46. The number of rotatable bonds is 4. The second kappa shape index (κ2) is 5.87. The summed E-state index contributed by atoms with van der Waals surface area (Å²) in [5, 5.41) is 13.0. The van der Waals surface area contributed by atoms with E-state index in [4.69, 9.17) is 9.84 Å². The van der Waals surface area contributed by atoms with E-state index in [2.05, 4.69) is 21.0 Å². The van der Waals surface area contributed by atoms with E-state index in [1.807, 2.05) is 0 Å². The van der Waals surface area contributed by atoms with Gasteiger partial charge in [-0.25, -0.2) is 14.3 Å². The molecule has 0 aliphatic carbocycles. The number of carbonyl (C=O) groups is 2. The van der Waals surface area contributed by atoms with Gasteiger partial charge in [-0.2, -0.15) is 5.10 Å². The molecule has 0 spiro atoms. The molecule has 0 atom stereocenters. The highest BCUT2D eigenvalue weighted by molar-refractivity contribution is 9.10. The van der Waals surface area contributed by atoms with Crippen LogP contribution in [0.4, 0.5) is 0 Å². The van der Waals surface area contributed by atoms with Crippen LogP contribution in [0, 0.1) is 0 Å². The van der Waals surface area contributed by atoms with Gasteiger partial charge in [0.05, 0.1) is 29.6 Å². The molecule has 0 bridgehead atoms. The Kier molecular flexibility index (Phi) is 4.19. The molecule has 1 aromatic carbocycles. The molecule has 0 radical (unpaired) electrons. The monoisotopic (exact) mass is 338 g/mol. The predicted octanol–water partition coefficient (Wildman–Crippen LogP) is 2.51. The van der Waals surface area contributed by atoms with Gasteiger partial charge in [-0.15, -0.1) is 0 Å². The fourth-order valence-corrected chi connectivity index (χ4v) is 2.16. The highest BCUT2D eigenvalue weighted by Crippen LogP contribution is 2.22. The van der Waals surface area contributed by atoms with Gasteiger partial charge >= 0.3 is 11.9 Å². The molecular formula is C13H11BrN2O4. The summed E-state index contributed by atoms with van der Waals surface area (Å²) in [4.78, 5) is 22.4. The molecule has 104 valence electrons. The maximum absolute atomic E-state index is 11.6. The van der Waals surface area contributed by atoms with Crippen LogP contribution < -0.4 is 0 Å². The second-order valence-corrected chi connectivity index (χ2v) is 4.72. The van der Waals surface area contributed by atoms with Crippen LogP contribution in [0.5, 0.6) is 0 Å². The molecular weight excluding hydrogens is 328 g/mol. The number of ether oxygens (including phenoxy) is 1. The molecule has 7 heteroatoms. The van der Waals surface area contributed by atoms with Gasteiger partial charge in [0.1, 0.15) is 0 Å². The fourth-order valence-electron chi connectivity index (χ4n) is 1.60. The Labute approximate surface area is 123 Å². The molecule has 20 heavy (non-hydrogen) atoms. The lowest BCUT2D eigenvalue weighted by atomic mass is 10.2. The smallest absolute Gasteiger partial charge is 0.341 e. The normalized spacial score (nSPS) is 10.3. The van der Waals surface area contributed by atoms with Crippen molar-refractivity contribution in [2.45, 2.75) is 6.92 Å². The van der Waals surface area contributed by atoms with E-state index in [9.17, 15) is 9.59 Å². The Bertz CT molecular complexity index is 666. The molecule has 2 rings (SSSR count). The predicted molar refractivity (Wildman–Crippen MR) is 74.2 cm³/mol. The number of carboxylic acid groups (broad SMARTS) is 1. The van der Waals surface area contributed by atoms with Gasteiger partial charge in [0.2, 0.25) is 0 Å². The highest BCUT2D eigenvalue weighted by Gasteiger charge is 2.13. The van der Waals surface area contributed by atoms with Gasteiger partial charge in [-0.1, -0.05) is 0 Å². The number of aromatic nitrogens is 2. The molecule has 0 amide bonds. The topological polar surface area (TPSA) is 81.4 Å². The van der Waals surface area contributed by atoms with E-state index in [0.717, 1.165) is 0 Å².